The first-order chi connectivity index (χ1) is 7.03. The normalized spacial score (nSPS) is 12.8. The number of rotatable bonds is 1. The largest absolute Gasteiger partial charge is 0.508 e. The summed E-state index contributed by atoms with van der Waals surface area (Å²) < 4.78 is 30.5. The third-order valence-corrected chi connectivity index (χ3v) is 3.05. The fourth-order valence-electron chi connectivity index (χ4n) is 1.36. The summed E-state index contributed by atoms with van der Waals surface area (Å²) in [6.45, 7) is 5.40. The van der Waals surface area contributed by atoms with Crippen molar-refractivity contribution in [2.75, 3.05) is 0 Å². The highest BCUT2D eigenvalue weighted by Crippen LogP contribution is 2.37. The van der Waals surface area contributed by atoms with Crippen LogP contribution in [-0.4, -0.2) is 23.2 Å². The van der Waals surface area contributed by atoms with Crippen LogP contribution in [0.1, 0.15) is 26.3 Å². The molecule has 0 aliphatic carbocycles. The molecule has 5 nitrogen and oxygen atoms in total. The van der Waals surface area contributed by atoms with E-state index in [1.54, 1.807) is 20.8 Å². The molecule has 1 aromatic carbocycles. The fourth-order valence-corrected chi connectivity index (χ4v) is 1.95. The van der Waals surface area contributed by atoms with E-state index in [2.05, 4.69) is 0 Å². The van der Waals surface area contributed by atoms with Crippen LogP contribution in [0.5, 0.6) is 11.5 Å². The van der Waals surface area contributed by atoms with Gasteiger partial charge in [0.1, 0.15) is 16.4 Å². The molecular formula is C10H14O5S. The number of phenolic OH excluding ortho intramolecular Hbond substituents is 2. The molecule has 0 aliphatic heterocycles. The van der Waals surface area contributed by atoms with Gasteiger partial charge in [-0.15, -0.1) is 0 Å². The second-order valence-corrected chi connectivity index (χ2v) is 5.95. The number of phenols is 2. The second-order valence-electron chi connectivity index (χ2n) is 4.56. The first-order valence-corrected chi connectivity index (χ1v) is 6.01. The Kier molecular flexibility index (Phi) is 2.91. The Hall–Kier alpha value is -1.27. The van der Waals surface area contributed by atoms with E-state index < -0.39 is 26.2 Å². The van der Waals surface area contributed by atoms with Crippen molar-refractivity contribution in [1.29, 1.82) is 0 Å². The molecule has 0 spiro atoms. The van der Waals surface area contributed by atoms with Crippen LogP contribution in [0.2, 0.25) is 0 Å². The predicted octanol–water partition coefficient (Wildman–Crippen LogP) is 1.64. The highest BCUT2D eigenvalue weighted by atomic mass is 32.2. The summed E-state index contributed by atoms with van der Waals surface area (Å²) in [4.78, 5) is -0.696. The Morgan fingerprint density at radius 2 is 1.56 bits per heavy atom. The maximum Gasteiger partial charge on any atom is 0.298 e. The van der Waals surface area contributed by atoms with Crippen molar-refractivity contribution in [3.05, 3.63) is 17.7 Å². The minimum absolute atomic E-state index is 0.280. The predicted molar refractivity (Wildman–Crippen MR) is 58.3 cm³/mol. The van der Waals surface area contributed by atoms with Crippen LogP contribution in [0.25, 0.3) is 0 Å². The van der Waals surface area contributed by atoms with Crippen LogP contribution in [0.4, 0.5) is 0 Å². The molecule has 3 N–H and O–H groups in total. The van der Waals surface area contributed by atoms with Gasteiger partial charge in [0, 0.05) is 11.6 Å². The first kappa shape index (κ1) is 12.8. The van der Waals surface area contributed by atoms with Crippen molar-refractivity contribution in [2.24, 2.45) is 0 Å². The van der Waals surface area contributed by atoms with Gasteiger partial charge in [0.25, 0.3) is 10.1 Å². The van der Waals surface area contributed by atoms with Crippen LogP contribution in [0.3, 0.4) is 0 Å². The quantitative estimate of drug-likeness (QED) is 0.517. The molecule has 0 amide bonds. The zero-order chi connectivity index (χ0) is 12.7. The Morgan fingerprint density at radius 3 is 1.94 bits per heavy atom. The van der Waals surface area contributed by atoms with Crippen molar-refractivity contribution < 1.29 is 23.2 Å². The van der Waals surface area contributed by atoms with E-state index in [-0.39, 0.29) is 5.75 Å². The molecule has 1 aromatic rings. The highest BCUT2D eigenvalue weighted by molar-refractivity contribution is 7.86. The molecule has 6 heteroatoms. The maximum absolute atomic E-state index is 10.9. The Labute approximate surface area is 94.1 Å². The molecule has 0 radical (unpaired) electrons. The molecule has 0 saturated heterocycles. The average molecular weight is 246 g/mol. The van der Waals surface area contributed by atoms with Gasteiger partial charge in [-0.05, 0) is 11.5 Å². The number of hydrogen-bond acceptors (Lipinski definition) is 4. The smallest absolute Gasteiger partial charge is 0.298 e. The lowest BCUT2D eigenvalue weighted by Crippen LogP contribution is -2.12. The minimum Gasteiger partial charge on any atom is -0.508 e. The summed E-state index contributed by atoms with van der Waals surface area (Å²) >= 11 is 0. The summed E-state index contributed by atoms with van der Waals surface area (Å²) in [5.41, 5.74) is -0.0448. The zero-order valence-corrected chi connectivity index (χ0v) is 10.0. The first-order valence-electron chi connectivity index (χ1n) is 4.57. The van der Waals surface area contributed by atoms with Gasteiger partial charge in [-0.25, -0.2) is 0 Å². The van der Waals surface area contributed by atoms with Crippen LogP contribution < -0.4 is 0 Å². The molecule has 0 atom stereocenters. The van der Waals surface area contributed by atoms with E-state index in [0.717, 1.165) is 12.1 Å². The van der Waals surface area contributed by atoms with Crippen molar-refractivity contribution in [3.8, 4) is 11.5 Å². The molecule has 0 fully saturated rings. The average Bonchev–Trinajstić information content (AvgIpc) is 2.04. The van der Waals surface area contributed by atoms with Gasteiger partial charge in [0.15, 0.2) is 0 Å². The summed E-state index contributed by atoms with van der Waals surface area (Å²) in [5, 5.41) is 19.1. The Morgan fingerprint density at radius 1 is 1.06 bits per heavy atom. The molecule has 90 valence electrons. The van der Waals surface area contributed by atoms with Crippen LogP contribution in [0.15, 0.2) is 17.0 Å². The molecule has 16 heavy (non-hydrogen) atoms. The molecular weight excluding hydrogens is 232 g/mol. The molecule has 0 unspecified atom stereocenters. The Bertz CT molecular complexity index is 511. The summed E-state index contributed by atoms with van der Waals surface area (Å²) in [6.07, 6.45) is 0. The lowest BCUT2D eigenvalue weighted by Gasteiger charge is -2.21. The van der Waals surface area contributed by atoms with Gasteiger partial charge >= 0.3 is 0 Å². The maximum atomic E-state index is 10.9. The molecule has 0 aliphatic rings. The van der Waals surface area contributed by atoms with Gasteiger partial charge in [0.05, 0.1) is 0 Å². The van der Waals surface area contributed by atoms with Gasteiger partial charge in [0.2, 0.25) is 0 Å². The van der Waals surface area contributed by atoms with E-state index in [1.165, 1.54) is 0 Å². The number of benzene rings is 1. The monoisotopic (exact) mass is 246 g/mol. The molecule has 0 bridgehead atoms. The number of aromatic hydroxyl groups is 2. The minimum atomic E-state index is -4.53. The van der Waals surface area contributed by atoms with Crippen molar-refractivity contribution in [3.63, 3.8) is 0 Å². The highest BCUT2D eigenvalue weighted by Gasteiger charge is 2.24. The summed E-state index contributed by atoms with van der Waals surface area (Å²) in [7, 11) is -4.53. The van der Waals surface area contributed by atoms with E-state index in [9.17, 15) is 18.6 Å². The zero-order valence-electron chi connectivity index (χ0n) is 9.22. The van der Waals surface area contributed by atoms with Crippen molar-refractivity contribution in [2.45, 2.75) is 31.1 Å². The summed E-state index contributed by atoms with van der Waals surface area (Å²) in [5.74, 6) is -0.858. The van der Waals surface area contributed by atoms with Crippen LogP contribution in [-0.2, 0) is 15.5 Å². The van der Waals surface area contributed by atoms with Crippen molar-refractivity contribution >= 4 is 10.1 Å². The number of hydrogen-bond donors (Lipinski definition) is 3. The molecule has 0 aromatic heterocycles. The molecule has 0 saturated carbocycles. The molecule has 0 heterocycles. The second kappa shape index (κ2) is 3.64. The summed E-state index contributed by atoms with van der Waals surface area (Å²) in [6, 6.07) is 1.98. The van der Waals surface area contributed by atoms with E-state index in [0.29, 0.717) is 5.56 Å². The third-order valence-electron chi connectivity index (χ3n) is 2.16. The lowest BCUT2D eigenvalue weighted by molar-refractivity contribution is 0.418. The lowest BCUT2D eigenvalue weighted by atomic mass is 9.86. The van der Waals surface area contributed by atoms with E-state index in [4.69, 9.17) is 4.55 Å². The van der Waals surface area contributed by atoms with Crippen LogP contribution >= 0.6 is 0 Å². The van der Waals surface area contributed by atoms with Crippen LogP contribution in [0, 0.1) is 0 Å². The molecule has 1 rings (SSSR count). The van der Waals surface area contributed by atoms with Gasteiger partial charge in [-0.3, -0.25) is 4.55 Å². The Balaban J connectivity index is 3.52. The van der Waals surface area contributed by atoms with E-state index >= 15 is 0 Å². The topological polar surface area (TPSA) is 94.8 Å². The van der Waals surface area contributed by atoms with Gasteiger partial charge < -0.3 is 10.2 Å². The third kappa shape index (κ3) is 2.45. The van der Waals surface area contributed by atoms with Crippen molar-refractivity contribution in [1.82, 2.24) is 0 Å². The SMILES string of the molecule is CC(C)(C)c1cc(O)c(S(=O)(=O)O)cc1O. The fraction of sp³-hybridized carbons (Fsp3) is 0.400. The van der Waals surface area contributed by atoms with Gasteiger partial charge in [-0.2, -0.15) is 8.42 Å². The van der Waals surface area contributed by atoms with Gasteiger partial charge in [-0.1, -0.05) is 20.8 Å². The standard InChI is InChI=1S/C10H14O5S/c1-10(2,3)6-4-8(12)9(5-7(6)11)16(13,14)15/h4-5,11-12H,1-3H3,(H,13,14,15). The van der Waals surface area contributed by atoms with E-state index in [1.807, 2.05) is 0 Å².